The summed E-state index contributed by atoms with van der Waals surface area (Å²) in [6.45, 7) is 2.25. The van der Waals surface area contributed by atoms with E-state index >= 15 is 0 Å². The van der Waals surface area contributed by atoms with Crippen molar-refractivity contribution in [3.05, 3.63) is 48.1 Å². The Morgan fingerprint density at radius 2 is 1.81 bits per heavy atom. The maximum absolute atomic E-state index is 12.8. The van der Waals surface area contributed by atoms with Gasteiger partial charge in [-0.1, -0.05) is 12.2 Å². The molecule has 1 aromatic carbocycles. The molecule has 0 heterocycles. The molecule has 0 aromatic heterocycles. The predicted molar refractivity (Wildman–Crippen MR) is 57.0 cm³/mol. The van der Waals surface area contributed by atoms with Gasteiger partial charge in [0.25, 0.3) is 0 Å². The molecule has 86 valence electrons. The number of halogens is 3. The lowest BCUT2D eigenvalue weighted by atomic mass is 10.2. The Balaban J connectivity index is 2.72. The monoisotopic (exact) mass is 228 g/mol. The number of hydrogen-bond acceptors (Lipinski definition) is 1. The zero-order valence-corrected chi connectivity index (χ0v) is 8.71. The molecular formula is C12H11F3O. The summed E-state index contributed by atoms with van der Waals surface area (Å²) in [5.41, 5.74) is -0.154. The van der Waals surface area contributed by atoms with Gasteiger partial charge in [0.15, 0.2) is 5.83 Å². The second kappa shape index (κ2) is 6.00. The number of hydrogen-bond donors (Lipinski definition) is 0. The molecule has 0 fully saturated rings. The minimum absolute atomic E-state index is 0.154. The zero-order chi connectivity index (χ0) is 12.0. The first-order valence-corrected chi connectivity index (χ1v) is 4.70. The minimum atomic E-state index is -2.32. The van der Waals surface area contributed by atoms with Crippen molar-refractivity contribution < 1.29 is 17.9 Å². The van der Waals surface area contributed by atoms with Crippen molar-refractivity contribution in [3.63, 3.8) is 0 Å². The first kappa shape index (κ1) is 12.4. The van der Waals surface area contributed by atoms with E-state index in [0.717, 1.165) is 0 Å². The summed E-state index contributed by atoms with van der Waals surface area (Å²) in [6.07, 6.45) is 1.31. The van der Waals surface area contributed by atoms with Crippen molar-refractivity contribution in [3.8, 4) is 5.75 Å². The number of benzene rings is 1. The van der Waals surface area contributed by atoms with Gasteiger partial charge in [-0.3, -0.25) is 0 Å². The van der Waals surface area contributed by atoms with E-state index in [-0.39, 0.29) is 5.56 Å². The quantitative estimate of drug-likeness (QED) is 0.702. The van der Waals surface area contributed by atoms with Gasteiger partial charge in [0, 0.05) is 5.56 Å². The van der Waals surface area contributed by atoms with Crippen molar-refractivity contribution in [2.75, 3.05) is 6.61 Å². The molecule has 0 spiro atoms. The molecule has 0 aliphatic carbocycles. The molecule has 4 heteroatoms. The highest BCUT2D eigenvalue weighted by atomic mass is 19.3. The fraction of sp³-hybridized carbons (Fsp3) is 0.167. The Bertz CT molecular complexity index is 389. The van der Waals surface area contributed by atoms with Crippen LogP contribution < -0.4 is 4.74 Å². The standard InChI is InChI=1S/C12H11F3O/c1-2-3-8-16-10-6-4-9(5-7-10)11(13)12(14)15/h2-7H,8H2,1H3. The van der Waals surface area contributed by atoms with Crippen LogP contribution in [0.2, 0.25) is 0 Å². The molecule has 0 saturated carbocycles. The smallest absolute Gasteiger partial charge is 0.306 e. The predicted octanol–water partition coefficient (Wildman–Crippen LogP) is 4.18. The lowest BCUT2D eigenvalue weighted by Crippen LogP contribution is -1.92. The zero-order valence-electron chi connectivity index (χ0n) is 8.71. The Kier molecular flexibility index (Phi) is 4.64. The average Bonchev–Trinajstić information content (AvgIpc) is 2.29. The number of ether oxygens (including phenoxy) is 1. The number of allylic oxidation sites excluding steroid dienone is 1. The Labute approximate surface area is 91.9 Å². The molecule has 0 unspecified atom stereocenters. The summed E-state index contributed by atoms with van der Waals surface area (Å²) in [7, 11) is 0. The van der Waals surface area contributed by atoms with Crippen molar-refractivity contribution in [2.45, 2.75) is 6.92 Å². The van der Waals surface area contributed by atoms with Gasteiger partial charge >= 0.3 is 6.08 Å². The van der Waals surface area contributed by atoms with E-state index in [0.29, 0.717) is 12.4 Å². The third-order valence-electron chi connectivity index (χ3n) is 1.86. The fourth-order valence-corrected chi connectivity index (χ4v) is 1.05. The lowest BCUT2D eigenvalue weighted by Gasteiger charge is -2.03. The maximum atomic E-state index is 12.8. The van der Waals surface area contributed by atoms with Crippen LogP contribution in [0.3, 0.4) is 0 Å². The molecule has 1 aromatic rings. The van der Waals surface area contributed by atoms with E-state index in [4.69, 9.17) is 4.74 Å². The van der Waals surface area contributed by atoms with Crippen LogP contribution in [0, 0.1) is 0 Å². The van der Waals surface area contributed by atoms with E-state index in [1.54, 1.807) is 6.08 Å². The van der Waals surface area contributed by atoms with E-state index in [1.807, 2.05) is 13.0 Å². The van der Waals surface area contributed by atoms with Gasteiger partial charge in [-0.15, -0.1) is 0 Å². The maximum Gasteiger partial charge on any atom is 0.306 e. The molecule has 0 aliphatic rings. The summed E-state index contributed by atoms with van der Waals surface area (Å²) in [4.78, 5) is 0. The molecule has 0 atom stereocenters. The van der Waals surface area contributed by atoms with Crippen LogP contribution in [0.4, 0.5) is 13.2 Å². The summed E-state index contributed by atoms with van der Waals surface area (Å²) in [5, 5.41) is 0. The van der Waals surface area contributed by atoms with E-state index in [1.165, 1.54) is 24.3 Å². The SMILES string of the molecule is CC=CCOc1ccc(C(F)=C(F)F)cc1. The van der Waals surface area contributed by atoms with Crippen LogP contribution in [-0.2, 0) is 0 Å². The van der Waals surface area contributed by atoms with Crippen LogP contribution in [0.25, 0.3) is 5.83 Å². The molecule has 0 bridgehead atoms. The largest absolute Gasteiger partial charge is 0.490 e. The van der Waals surface area contributed by atoms with E-state index in [2.05, 4.69) is 0 Å². The highest BCUT2D eigenvalue weighted by Crippen LogP contribution is 2.23. The van der Waals surface area contributed by atoms with Crippen molar-refractivity contribution in [1.82, 2.24) is 0 Å². The summed E-state index contributed by atoms with van der Waals surface area (Å²) >= 11 is 0. The lowest BCUT2D eigenvalue weighted by molar-refractivity contribution is 0.362. The molecule has 16 heavy (non-hydrogen) atoms. The molecular weight excluding hydrogens is 217 g/mol. The third kappa shape index (κ3) is 3.46. The second-order valence-electron chi connectivity index (χ2n) is 2.98. The van der Waals surface area contributed by atoms with Crippen LogP contribution in [0.15, 0.2) is 42.5 Å². The number of rotatable bonds is 4. The van der Waals surface area contributed by atoms with Gasteiger partial charge in [-0.25, -0.2) is 4.39 Å². The molecule has 1 nitrogen and oxygen atoms in total. The summed E-state index contributed by atoms with van der Waals surface area (Å²) in [6, 6.07) is 5.39. The van der Waals surface area contributed by atoms with Gasteiger partial charge in [0.1, 0.15) is 12.4 Å². The van der Waals surface area contributed by atoms with Crippen LogP contribution >= 0.6 is 0 Å². The highest BCUT2D eigenvalue weighted by molar-refractivity contribution is 5.60. The second-order valence-corrected chi connectivity index (χ2v) is 2.98. The van der Waals surface area contributed by atoms with E-state index < -0.39 is 11.9 Å². The molecule has 1 rings (SSSR count). The molecule has 0 radical (unpaired) electrons. The van der Waals surface area contributed by atoms with E-state index in [9.17, 15) is 13.2 Å². The Morgan fingerprint density at radius 1 is 1.19 bits per heavy atom. The van der Waals surface area contributed by atoms with Gasteiger partial charge < -0.3 is 4.74 Å². The van der Waals surface area contributed by atoms with Crippen LogP contribution in [-0.4, -0.2) is 6.61 Å². The van der Waals surface area contributed by atoms with Crippen molar-refractivity contribution >= 4 is 5.83 Å². The summed E-state index contributed by atoms with van der Waals surface area (Å²) in [5.74, 6) is -0.992. The summed E-state index contributed by atoms with van der Waals surface area (Å²) < 4.78 is 41.9. The Hall–Kier alpha value is -1.71. The van der Waals surface area contributed by atoms with Crippen LogP contribution in [0.1, 0.15) is 12.5 Å². The van der Waals surface area contributed by atoms with Crippen molar-refractivity contribution in [2.24, 2.45) is 0 Å². The normalized spacial score (nSPS) is 10.5. The molecule has 0 aliphatic heterocycles. The van der Waals surface area contributed by atoms with Crippen LogP contribution in [0.5, 0.6) is 5.75 Å². The van der Waals surface area contributed by atoms with Gasteiger partial charge in [0.2, 0.25) is 0 Å². The third-order valence-corrected chi connectivity index (χ3v) is 1.86. The Morgan fingerprint density at radius 3 is 2.31 bits per heavy atom. The first-order chi connectivity index (χ1) is 7.65. The van der Waals surface area contributed by atoms with Gasteiger partial charge in [0.05, 0.1) is 0 Å². The molecule has 0 N–H and O–H groups in total. The average molecular weight is 228 g/mol. The fourth-order valence-electron chi connectivity index (χ4n) is 1.05. The minimum Gasteiger partial charge on any atom is -0.490 e. The molecule has 0 amide bonds. The first-order valence-electron chi connectivity index (χ1n) is 4.70. The van der Waals surface area contributed by atoms with Gasteiger partial charge in [-0.2, -0.15) is 8.78 Å². The van der Waals surface area contributed by atoms with Crippen molar-refractivity contribution in [1.29, 1.82) is 0 Å². The molecule has 0 saturated heterocycles. The van der Waals surface area contributed by atoms with Gasteiger partial charge in [-0.05, 0) is 31.2 Å². The topological polar surface area (TPSA) is 9.23 Å². The highest BCUT2D eigenvalue weighted by Gasteiger charge is 2.07.